The van der Waals surface area contributed by atoms with Gasteiger partial charge < -0.3 is 5.32 Å². The van der Waals surface area contributed by atoms with E-state index in [0.717, 1.165) is 11.1 Å². The zero-order chi connectivity index (χ0) is 16.5. The zero-order valence-corrected chi connectivity index (χ0v) is 13.1. The second-order valence-electron chi connectivity index (χ2n) is 5.13. The lowest BCUT2D eigenvalue weighted by molar-refractivity contribution is 0.625. The highest BCUT2D eigenvalue weighted by Crippen LogP contribution is 2.25. The minimum Gasteiger partial charge on any atom is -0.340 e. The Morgan fingerprint density at radius 2 is 1.88 bits per heavy atom. The van der Waals surface area contributed by atoms with Crippen molar-refractivity contribution in [1.29, 1.82) is 0 Å². The van der Waals surface area contributed by atoms with Crippen LogP contribution in [0.2, 0.25) is 5.02 Å². The Balaban J connectivity index is 1.77. The minimum absolute atomic E-state index is 0.329. The number of hydrogen-bond acceptors (Lipinski definition) is 4. The first-order valence-electron chi connectivity index (χ1n) is 7.18. The van der Waals surface area contributed by atoms with E-state index in [-0.39, 0.29) is 5.82 Å². The number of halogens is 2. The van der Waals surface area contributed by atoms with Crippen molar-refractivity contribution in [2.75, 3.05) is 5.32 Å². The quantitative estimate of drug-likeness (QED) is 0.603. The third kappa shape index (κ3) is 2.68. The highest BCUT2D eigenvalue weighted by atomic mass is 35.5. The van der Waals surface area contributed by atoms with Crippen LogP contribution in [0.3, 0.4) is 0 Å². The number of hydrogen-bond donors (Lipinski definition) is 1. The zero-order valence-electron chi connectivity index (χ0n) is 12.3. The van der Waals surface area contributed by atoms with E-state index in [4.69, 9.17) is 11.6 Å². The van der Waals surface area contributed by atoms with Crippen LogP contribution in [0.15, 0.2) is 61.1 Å². The Morgan fingerprint density at radius 3 is 2.67 bits per heavy atom. The fourth-order valence-electron chi connectivity index (χ4n) is 2.41. The molecule has 0 saturated heterocycles. The van der Waals surface area contributed by atoms with Crippen LogP contribution in [0.5, 0.6) is 0 Å². The van der Waals surface area contributed by atoms with Crippen molar-refractivity contribution in [3.63, 3.8) is 0 Å². The van der Waals surface area contributed by atoms with Gasteiger partial charge in [0.1, 0.15) is 18.0 Å². The summed E-state index contributed by atoms with van der Waals surface area (Å²) in [6.45, 7) is 0. The first-order chi connectivity index (χ1) is 11.7. The second kappa shape index (κ2) is 5.90. The highest BCUT2D eigenvalue weighted by Gasteiger charge is 2.11. The molecular formula is C17H11ClFN5. The molecule has 0 spiro atoms. The molecule has 0 bridgehead atoms. The maximum absolute atomic E-state index is 13.5. The van der Waals surface area contributed by atoms with E-state index < -0.39 is 0 Å². The molecule has 1 N–H and O–H groups in total. The van der Waals surface area contributed by atoms with Gasteiger partial charge in [0.2, 0.25) is 0 Å². The molecule has 0 aliphatic carbocycles. The van der Waals surface area contributed by atoms with E-state index in [0.29, 0.717) is 22.2 Å². The number of rotatable bonds is 3. The third-order valence-electron chi connectivity index (χ3n) is 3.53. The maximum atomic E-state index is 13.5. The SMILES string of the molecule is Fc1cccc(-n2ncc3c(Nc4ccc(Cl)cc4)ncnc32)c1. The summed E-state index contributed by atoms with van der Waals surface area (Å²) in [6, 6.07) is 13.5. The summed E-state index contributed by atoms with van der Waals surface area (Å²) in [5.41, 5.74) is 2.03. The van der Waals surface area contributed by atoms with E-state index in [9.17, 15) is 4.39 Å². The molecule has 0 aliphatic heterocycles. The number of anilines is 2. The van der Waals surface area contributed by atoms with Crippen molar-refractivity contribution in [3.8, 4) is 5.69 Å². The lowest BCUT2D eigenvalue weighted by Gasteiger charge is -2.07. The van der Waals surface area contributed by atoms with Gasteiger partial charge in [0.15, 0.2) is 5.65 Å². The van der Waals surface area contributed by atoms with Gasteiger partial charge in [-0.25, -0.2) is 19.0 Å². The van der Waals surface area contributed by atoms with Crippen molar-refractivity contribution >= 4 is 34.1 Å². The number of nitrogens with one attached hydrogen (secondary N) is 1. The van der Waals surface area contributed by atoms with Crippen LogP contribution in [0.4, 0.5) is 15.9 Å². The average Bonchev–Trinajstić information content (AvgIpc) is 3.02. The fourth-order valence-corrected chi connectivity index (χ4v) is 2.54. The molecule has 0 atom stereocenters. The Labute approximate surface area is 141 Å². The Bertz CT molecular complexity index is 1010. The van der Waals surface area contributed by atoms with Gasteiger partial charge in [0, 0.05) is 10.7 Å². The van der Waals surface area contributed by atoms with Crippen molar-refractivity contribution in [2.24, 2.45) is 0 Å². The van der Waals surface area contributed by atoms with Crippen LogP contribution in [0.1, 0.15) is 0 Å². The highest BCUT2D eigenvalue weighted by molar-refractivity contribution is 6.30. The monoisotopic (exact) mass is 339 g/mol. The average molecular weight is 340 g/mol. The van der Waals surface area contributed by atoms with E-state index in [1.807, 2.05) is 12.1 Å². The molecule has 4 aromatic rings. The lowest BCUT2D eigenvalue weighted by Crippen LogP contribution is -1.99. The molecule has 0 fully saturated rings. The molecule has 24 heavy (non-hydrogen) atoms. The van der Waals surface area contributed by atoms with Crippen molar-refractivity contribution in [1.82, 2.24) is 19.7 Å². The van der Waals surface area contributed by atoms with Gasteiger partial charge in [-0.05, 0) is 42.5 Å². The smallest absolute Gasteiger partial charge is 0.168 e. The fraction of sp³-hybridized carbons (Fsp3) is 0. The van der Waals surface area contributed by atoms with E-state index in [2.05, 4.69) is 20.4 Å². The van der Waals surface area contributed by atoms with Crippen LogP contribution in [-0.2, 0) is 0 Å². The first-order valence-corrected chi connectivity index (χ1v) is 7.56. The van der Waals surface area contributed by atoms with Gasteiger partial charge >= 0.3 is 0 Å². The second-order valence-corrected chi connectivity index (χ2v) is 5.56. The number of fused-ring (bicyclic) bond motifs is 1. The Hall–Kier alpha value is -2.99. The summed E-state index contributed by atoms with van der Waals surface area (Å²) < 4.78 is 15.0. The van der Waals surface area contributed by atoms with E-state index in [1.165, 1.54) is 18.5 Å². The minimum atomic E-state index is -0.329. The van der Waals surface area contributed by atoms with Crippen molar-refractivity contribution < 1.29 is 4.39 Å². The Kier molecular flexibility index (Phi) is 3.59. The molecule has 2 heterocycles. The maximum Gasteiger partial charge on any atom is 0.168 e. The number of aromatic nitrogens is 4. The normalized spacial score (nSPS) is 10.9. The van der Waals surface area contributed by atoms with Crippen molar-refractivity contribution in [2.45, 2.75) is 0 Å². The van der Waals surface area contributed by atoms with Crippen LogP contribution < -0.4 is 5.32 Å². The van der Waals surface area contributed by atoms with Crippen LogP contribution >= 0.6 is 11.6 Å². The summed E-state index contributed by atoms with van der Waals surface area (Å²) in [5, 5.41) is 8.92. The predicted molar refractivity (Wildman–Crippen MR) is 91.4 cm³/mol. The summed E-state index contributed by atoms with van der Waals surface area (Å²) in [6.07, 6.45) is 3.09. The summed E-state index contributed by atoms with van der Waals surface area (Å²) >= 11 is 5.90. The Morgan fingerprint density at radius 1 is 1.04 bits per heavy atom. The molecular weight excluding hydrogens is 329 g/mol. The van der Waals surface area contributed by atoms with Gasteiger partial charge in [0.25, 0.3) is 0 Å². The molecule has 0 amide bonds. The van der Waals surface area contributed by atoms with Gasteiger partial charge in [-0.2, -0.15) is 5.10 Å². The van der Waals surface area contributed by atoms with E-state index in [1.54, 1.807) is 35.1 Å². The molecule has 4 rings (SSSR count). The van der Waals surface area contributed by atoms with Crippen LogP contribution in [0, 0.1) is 5.82 Å². The predicted octanol–water partition coefficient (Wildman–Crippen LogP) is 4.35. The molecule has 0 saturated carbocycles. The molecule has 2 aromatic carbocycles. The topological polar surface area (TPSA) is 55.6 Å². The lowest BCUT2D eigenvalue weighted by atomic mass is 10.3. The van der Waals surface area contributed by atoms with Crippen molar-refractivity contribution in [3.05, 3.63) is 71.9 Å². The third-order valence-corrected chi connectivity index (χ3v) is 3.78. The molecule has 0 radical (unpaired) electrons. The molecule has 0 unspecified atom stereocenters. The van der Waals surface area contributed by atoms with Gasteiger partial charge in [-0.3, -0.25) is 0 Å². The molecule has 0 aliphatic rings. The molecule has 2 aromatic heterocycles. The molecule has 5 nitrogen and oxygen atoms in total. The number of benzene rings is 2. The summed E-state index contributed by atoms with van der Waals surface area (Å²) in [4.78, 5) is 8.54. The summed E-state index contributed by atoms with van der Waals surface area (Å²) in [7, 11) is 0. The summed E-state index contributed by atoms with van der Waals surface area (Å²) in [5.74, 6) is 0.287. The van der Waals surface area contributed by atoms with Crippen LogP contribution in [0.25, 0.3) is 16.7 Å². The largest absolute Gasteiger partial charge is 0.340 e. The standard InChI is InChI=1S/C17H11ClFN5/c18-11-4-6-13(7-5-11)23-16-15-9-22-24(17(15)21-10-20-16)14-3-1-2-12(19)8-14/h1-10H,(H,20,21,23). The molecule has 7 heteroatoms. The number of nitrogens with zero attached hydrogens (tertiary/aromatic N) is 4. The van der Waals surface area contributed by atoms with Gasteiger partial charge in [-0.1, -0.05) is 17.7 Å². The van der Waals surface area contributed by atoms with Gasteiger partial charge in [0.05, 0.1) is 17.3 Å². The van der Waals surface area contributed by atoms with Gasteiger partial charge in [-0.15, -0.1) is 0 Å². The molecule has 118 valence electrons. The van der Waals surface area contributed by atoms with E-state index >= 15 is 0 Å². The van der Waals surface area contributed by atoms with Crippen LogP contribution in [-0.4, -0.2) is 19.7 Å². The first kappa shape index (κ1) is 14.6.